The molecule has 0 aromatic heterocycles. The zero-order chi connectivity index (χ0) is 14.7. The van der Waals surface area contributed by atoms with Crippen molar-refractivity contribution in [3.8, 4) is 0 Å². The van der Waals surface area contributed by atoms with Crippen molar-refractivity contribution in [3.05, 3.63) is 69.7 Å². The Hall–Kier alpha value is -1.26. The van der Waals surface area contributed by atoms with E-state index in [1.165, 1.54) is 6.07 Å². The molecule has 0 aliphatic heterocycles. The molecule has 0 saturated heterocycles. The molecule has 4 heteroatoms. The maximum atomic E-state index is 13.3. The fraction of sp³-hybridized carbons (Fsp3) is 0.250. The van der Waals surface area contributed by atoms with Crippen molar-refractivity contribution in [2.24, 2.45) is 0 Å². The molecule has 1 N–H and O–H groups in total. The molecule has 2 unspecified atom stereocenters. The van der Waals surface area contributed by atoms with Crippen LogP contribution in [0.3, 0.4) is 0 Å². The summed E-state index contributed by atoms with van der Waals surface area (Å²) in [7, 11) is 0. The molecule has 0 aliphatic carbocycles. The van der Waals surface area contributed by atoms with Crippen LogP contribution >= 0.6 is 15.9 Å². The van der Waals surface area contributed by atoms with Crippen LogP contribution in [0.4, 0.5) is 8.78 Å². The minimum absolute atomic E-state index is 0.0767. The van der Waals surface area contributed by atoms with Gasteiger partial charge in [0.25, 0.3) is 0 Å². The van der Waals surface area contributed by atoms with E-state index in [1.807, 2.05) is 38.1 Å². The van der Waals surface area contributed by atoms with Crippen LogP contribution in [0.5, 0.6) is 0 Å². The number of rotatable bonds is 4. The van der Waals surface area contributed by atoms with E-state index < -0.39 is 11.6 Å². The van der Waals surface area contributed by atoms with Gasteiger partial charge in [0.2, 0.25) is 0 Å². The predicted molar refractivity (Wildman–Crippen MR) is 80.5 cm³/mol. The van der Waals surface area contributed by atoms with Crippen molar-refractivity contribution in [3.63, 3.8) is 0 Å². The monoisotopic (exact) mass is 339 g/mol. The minimum atomic E-state index is -0.820. The van der Waals surface area contributed by atoms with Crippen molar-refractivity contribution >= 4 is 15.9 Å². The third kappa shape index (κ3) is 3.44. The molecule has 0 radical (unpaired) electrons. The number of nitrogens with one attached hydrogen (secondary N) is 1. The number of hydrogen-bond donors (Lipinski definition) is 1. The molecule has 2 aromatic carbocycles. The van der Waals surface area contributed by atoms with Crippen LogP contribution in [-0.4, -0.2) is 0 Å². The fourth-order valence-electron chi connectivity index (χ4n) is 2.17. The topological polar surface area (TPSA) is 12.0 Å². The first kappa shape index (κ1) is 15.1. The summed E-state index contributed by atoms with van der Waals surface area (Å²) >= 11 is 3.51. The van der Waals surface area contributed by atoms with Crippen molar-refractivity contribution < 1.29 is 8.78 Å². The average molecular weight is 340 g/mol. The van der Waals surface area contributed by atoms with Crippen molar-refractivity contribution in [2.45, 2.75) is 25.9 Å². The molecule has 0 saturated carbocycles. The van der Waals surface area contributed by atoms with E-state index in [4.69, 9.17) is 0 Å². The molecule has 2 atom stereocenters. The second kappa shape index (κ2) is 6.46. The summed E-state index contributed by atoms with van der Waals surface area (Å²) < 4.78 is 27.2. The van der Waals surface area contributed by atoms with Crippen LogP contribution in [0.2, 0.25) is 0 Å². The molecule has 0 amide bonds. The smallest absolute Gasteiger partial charge is 0.159 e. The van der Waals surface area contributed by atoms with Gasteiger partial charge in [0.15, 0.2) is 11.6 Å². The highest BCUT2D eigenvalue weighted by Crippen LogP contribution is 2.25. The molecule has 1 nitrogen and oxygen atoms in total. The lowest BCUT2D eigenvalue weighted by Crippen LogP contribution is -2.23. The predicted octanol–water partition coefficient (Wildman–Crippen LogP) is 5.14. The Morgan fingerprint density at radius 3 is 2.30 bits per heavy atom. The standard InChI is InChI=1S/C16H16BrF2N/c1-10(12-7-8-15(18)16(19)9-12)20-11(2)13-5-3-4-6-14(13)17/h3-11,20H,1-2H3. The maximum absolute atomic E-state index is 13.3. The van der Waals surface area contributed by atoms with Crippen LogP contribution < -0.4 is 5.32 Å². The SMILES string of the molecule is CC(NC(C)c1ccccc1Br)c1ccc(F)c(F)c1. The van der Waals surface area contributed by atoms with Crippen molar-refractivity contribution in [1.29, 1.82) is 0 Å². The van der Waals surface area contributed by atoms with E-state index in [9.17, 15) is 8.78 Å². The van der Waals surface area contributed by atoms with Crippen LogP contribution in [0.25, 0.3) is 0 Å². The first-order valence-corrected chi connectivity index (χ1v) is 7.23. The van der Waals surface area contributed by atoms with Crippen molar-refractivity contribution in [2.75, 3.05) is 0 Å². The highest BCUT2D eigenvalue weighted by Gasteiger charge is 2.14. The molecule has 0 aliphatic rings. The third-order valence-corrected chi connectivity index (χ3v) is 4.04. The Kier molecular flexibility index (Phi) is 4.89. The van der Waals surface area contributed by atoms with Crippen LogP contribution in [0, 0.1) is 11.6 Å². The Balaban J connectivity index is 2.13. The van der Waals surface area contributed by atoms with Crippen LogP contribution in [0.15, 0.2) is 46.9 Å². The van der Waals surface area contributed by atoms with Gasteiger partial charge in [-0.15, -0.1) is 0 Å². The van der Waals surface area contributed by atoms with E-state index >= 15 is 0 Å². The molecule has 20 heavy (non-hydrogen) atoms. The van der Waals surface area contributed by atoms with E-state index in [0.717, 1.165) is 21.7 Å². The Labute approximate surface area is 126 Å². The molecule has 106 valence electrons. The van der Waals surface area contributed by atoms with E-state index in [-0.39, 0.29) is 12.1 Å². The van der Waals surface area contributed by atoms with Crippen LogP contribution in [0.1, 0.15) is 37.1 Å². The fourth-order valence-corrected chi connectivity index (χ4v) is 2.80. The summed E-state index contributed by atoms with van der Waals surface area (Å²) in [6, 6.07) is 11.9. The quantitative estimate of drug-likeness (QED) is 0.813. The third-order valence-electron chi connectivity index (χ3n) is 3.32. The Morgan fingerprint density at radius 2 is 1.65 bits per heavy atom. The van der Waals surface area contributed by atoms with Gasteiger partial charge in [-0.1, -0.05) is 40.2 Å². The van der Waals surface area contributed by atoms with Gasteiger partial charge in [-0.05, 0) is 43.2 Å². The molecule has 0 fully saturated rings. The van der Waals surface area contributed by atoms with Gasteiger partial charge in [-0.25, -0.2) is 8.78 Å². The summed E-state index contributed by atoms with van der Waals surface area (Å²) in [5, 5.41) is 3.38. The summed E-state index contributed by atoms with van der Waals surface area (Å²) in [5.41, 5.74) is 1.85. The lowest BCUT2D eigenvalue weighted by molar-refractivity contribution is 0.479. The summed E-state index contributed by atoms with van der Waals surface area (Å²) in [6.45, 7) is 3.97. The summed E-state index contributed by atoms with van der Waals surface area (Å²) in [6.07, 6.45) is 0. The molecular formula is C16H16BrF2N. The minimum Gasteiger partial charge on any atom is -0.304 e. The second-order valence-corrected chi connectivity index (χ2v) is 5.66. The maximum Gasteiger partial charge on any atom is 0.159 e. The molecule has 0 spiro atoms. The lowest BCUT2D eigenvalue weighted by atomic mass is 10.0. The van der Waals surface area contributed by atoms with E-state index in [1.54, 1.807) is 6.07 Å². The zero-order valence-corrected chi connectivity index (χ0v) is 12.9. The largest absolute Gasteiger partial charge is 0.304 e. The lowest BCUT2D eigenvalue weighted by Gasteiger charge is -2.21. The van der Waals surface area contributed by atoms with Gasteiger partial charge >= 0.3 is 0 Å². The first-order valence-electron chi connectivity index (χ1n) is 6.44. The highest BCUT2D eigenvalue weighted by molar-refractivity contribution is 9.10. The first-order chi connectivity index (χ1) is 9.49. The number of benzene rings is 2. The van der Waals surface area contributed by atoms with Crippen molar-refractivity contribution in [1.82, 2.24) is 5.32 Å². The zero-order valence-electron chi connectivity index (χ0n) is 11.3. The summed E-state index contributed by atoms with van der Waals surface area (Å²) in [4.78, 5) is 0. The molecule has 2 aromatic rings. The van der Waals surface area contributed by atoms with Gasteiger partial charge in [-0.2, -0.15) is 0 Å². The van der Waals surface area contributed by atoms with Gasteiger partial charge in [0, 0.05) is 16.6 Å². The molecule has 2 rings (SSSR count). The molecule has 0 heterocycles. The van der Waals surface area contributed by atoms with Gasteiger partial charge in [0.1, 0.15) is 0 Å². The molecular weight excluding hydrogens is 324 g/mol. The van der Waals surface area contributed by atoms with E-state index in [0.29, 0.717) is 0 Å². The van der Waals surface area contributed by atoms with Crippen LogP contribution in [-0.2, 0) is 0 Å². The molecule has 0 bridgehead atoms. The van der Waals surface area contributed by atoms with Gasteiger partial charge < -0.3 is 5.32 Å². The second-order valence-electron chi connectivity index (χ2n) is 4.81. The van der Waals surface area contributed by atoms with Gasteiger partial charge in [-0.3, -0.25) is 0 Å². The number of hydrogen-bond acceptors (Lipinski definition) is 1. The highest BCUT2D eigenvalue weighted by atomic mass is 79.9. The summed E-state index contributed by atoms with van der Waals surface area (Å²) in [5.74, 6) is -1.63. The normalized spacial score (nSPS) is 14.1. The average Bonchev–Trinajstić information content (AvgIpc) is 2.42. The number of halogens is 3. The van der Waals surface area contributed by atoms with E-state index in [2.05, 4.69) is 21.2 Å². The Morgan fingerprint density at radius 1 is 0.950 bits per heavy atom. The van der Waals surface area contributed by atoms with Gasteiger partial charge in [0.05, 0.1) is 0 Å². The Bertz CT molecular complexity index is 601.